The van der Waals surface area contributed by atoms with Gasteiger partial charge >= 0.3 is 0 Å². The van der Waals surface area contributed by atoms with E-state index in [4.69, 9.17) is 4.98 Å². The molecule has 5 rings (SSSR count). The second-order valence-electron chi connectivity index (χ2n) is 8.41. The molecule has 7 heteroatoms. The number of hydrogen-bond acceptors (Lipinski definition) is 4. The summed E-state index contributed by atoms with van der Waals surface area (Å²) in [4.78, 5) is 28.9. The van der Waals surface area contributed by atoms with Gasteiger partial charge in [-0.05, 0) is 57.4 Å². The number of hydrogen-bond donors (Lipinski definition) is 0. The van der Waals surface area contributed by atoms with Crippen LogP contribution >= 0.6 is 0 Å². The Morgan fingerprint density at radius 1 is 1.06 bits per heavy atom. The number of imidazole rings is 2. The molecule has 4 heterocycles. The Hall–Kier alpha value is -3.48. The fourth-order valence-electron chi connectivity index (χ4n) is 4.76. The van der Waals surface area contributed by atoms with Crippen molar-refractivity contribution in [3.8, 4) is 5.82 Å². The molecule has 7 nitrogen and oxygen atoms in total. The van der Waals surface area contributed by atoms with Gasteiger partial charge in [0.25, 0.3) is 0 Å². The number of fused-ring (bicyclic) bond motifs is 1. The molecule has 0 radical (unpaired) electrons. The number of aryl methyl sites for hydroxylation is 3. The van der Waals surface area contributed by atoms with Gasteiger partial charge in [-0.25, -0.2) is 15.0 Å². The highest BCUT2D eigenvalue weighted by Crippen LogP contribution is 2.32. The van der Waals surface area contributed by atoms with Crippen molar-refractivity contribution >= 4 is 16.9 Å². The molecule has 0 bridgehead atoms. The van der Waals surface area contributed by atoms with Crippen molar-refractivity contribution in [1.29, 1.82) is 0 Å². The van der Waals surface area contributed by atoms with E-state index in [0.29, 0.717) is 6.42 Å². The summed E-state index contributed by atoms with van der Waals surface area (Å²) in [7, 11) is 0. The molecule has 1 aromatic carbocycles. The van der Waals surface area contributed by atoms with Gasteiger partial charge in [0.05, 0.1) is 22.8 Å². The molecular weight excluding hydrogens is 400 g/mol. The first kappa shape index (κ1) is 20.4. The minimum absolute atomic E-state index is 0.0436. The second-order valence-corrected chi connectivity index (χ2v) is 8.41. The van der Waals surface area contributed by atoms with Crippen LogP contribution in [0.1, 0.15) is 49.1 Å². The maximum atomic E-state index is 13.1. The predicted octanol–water partition coefficient (Wildman–Crippen LogP) is 4.38. The lowest BCUT2D eigenvalue weighted by molar-refractivity contribution is -0.132. The standard InChI is InChI=1S/C25H28N6O/c1-18-26-14-17-30(18)24-12-5-9-21(28-24)23-11-6-16-31(23)25(32)13-7-15-29-19(2)27-20-8-3-4-10-22(20)29/h3-5,8-10,12,14,17,23H,6-7,11,13,15-16H2,1-2H3/t23-/m0/s1. The molecule has 1 fully saturated rings. The highest BCUT2D eigenvalue weighted by molar-refractivity contribution is 5.77. The van der Waals surface area contributed by atoms with Crippen LogP contribution in [0, 0.1) is 13.8 Å². The summed E-state index contributed by atoms with van der Waals surface area (Å²) in [5.41, 5.74) is 3.10. The van der Waals surface area contributed by atoms with Crippen LogP contribution in [0.4, 0.5) is 0 Å². The molecule has 1 aliphatic rings. The summed E-state index contributed by atoms with van der Waals surface area (Å²) in [5, 5.41) is 0. The number of rotatable bonds is 6. The largest absolute Gasteiger partial charge is 0.334 e. The molecule has 32 heavy (non-hydrogen) atoms. The first-order chi connectivity index (χ1) is 15.6. The number of amides is 1. The minimum Gasteiger partial charge on any atom is -0.334 e. The number of benzene rings is 1. The molecule has 0 spiro atoms. The second kappa shape index (κ2) is 8.57. The molecule has 0 unspecified atom stereocenters. The quantitative estimate of drug-likeness (QED) is 0.457. The lowest BCUT2D eigenvalue weighted by Gasteiger charge is -2.25. The third-order valence-corrected chi connectivity index (χ3v) is 6.36. The average molecular weight is 429 g/mol. The fourth-order valence-corrected chi connectivity index (χ4v) is 4.76. The summed E-state index contributed by atoms with van der Waals surface area (Å²) in [6, 6.07) is 14.2. The van der Waals surface area contributed by atoms with Gasteiger partial charge in [0.2, 0.25) is 5.91 Å². The highest BCUT2D eigenvalue weighted by atomic mass is 16.2. The van der Waals surface area contributed by atoms with Gasteiger partial charge in [-0.15, -0.1) is 0 Å². The molecule has 3 aromatic heterocycles. The van der Waals surface area contributed by atoms with E-state index in [1.807, 2.05) is 65.9 Å². The Kier molecular flexibility index (Phi) is 5.47. The van der Waals surface area contributed by atoms with E-state index in [9.17, 15) is 4.79 Å². The molecule has 0 N–H and O–H groups in total. The van der Waals surface area contributed by atoms with Crippen molar-refractivity contribution in [1.82, 2.24) is 29.0 Å². The van der Waals surface area contributed by atoms with Gasteiger partial charge in [0, 0.05) is 31.9 Å². The summed E-state index contributed by atoms with van der Waals surface area (Å²) in [6.45, 7) is 5.58. The van der Waals surface area contributed by atoms with Gasteiger partial charge in [-0.1, -0.05) is 18.2 Å². The Labute approximate surface area is 187 Å². The van der Waals surface area contributed by atoms with Gasteiger partial charge in [0.1, 0.15) is 17.5 Å². The number of para-hydroxylation sites is 2. The molecule has 1 atom stereocenters. The van der Waals surface area contributed by atoms with Crippen LogP contribution in [0.15, 0.2) is 54.9 Å². The van der Waals surface area contributed by atoms with Crippen LogP contribution < -0.4 is 0 Å². The summed E-state index contributed by atoms with van der Waals surface area (Å²) < 4.78 is 4.19. The maximum Gasteiger partial charge on any atom is 0.223 e. The molecule has 4 aromatic rings. The van der Waals surface area contributed by atoms with E-state index < -0.39 is 0 Å². The third kappa shape index (κ3) is 3.79. The molecule has 0 aliphatic carbocycles. The van der Waals surface area contributed by atoms with E-state index in [2.05, 4.69) is 20.6 Å². The van der Waals surface area contributed by atoms with Crippen molar-refractivity contribution in [3.05, 3.63) is 72.2 Å². The number of likely N-dealkylation sites (tertiary alicyclic amines) is 1. The Bertz CT molecular complexity index is 1260. The lowest BCUT2D eigenvalue weighted by Crippen LogP contribution is -2.31. The monoisotopic (exact) mass is 428 g/mol. The van der Waals surface area contributed by atoms with Crippen molar-refractivity contribution in [2.24, 2.45) is 0 Å². The van der Waals surface area contributed by atoms with Gasteiger partial charge < -0.3 is 9.47 Å². The predicted molar refractivity (Wildman–Crippen MR) is 123 cm³/mol. The Morgan fingerprint density at radius 3 is 2.78 bits per heavy atom. The van der Waals surface area contributed by atoms with E-state index in [-0.39, 0.29) is 11.9 Å². The lowest BCUT2D eigenvalue weighted by atomic mass is 10.1. The van der Waals surface area contributed by atoms with E-state index in [1.165, 1.54) is 0 Å². The van der Waals surface area contributed by atoms with E-state index in [1.54, 1.807) is 6.20 Å². The van der Waals surface area contributed by atoms with Gasteiger partial charge in [-0.2, -0.15) is 0 Å². The number of nitrogens with zero attached hydrogens (tertiary/aromatic N) is 6. The SMILES string of the molecule is Cc1nccn1-c1cccc([C@@H]2CCCN2C(=O)CCCn2c(C)nc3ccccc32)n1. The van der Waals surface area contributed by atoms with E-state index >= 15 is 0 Å². The number of aromatic nitrogens is 5. The zero-order chi connectivity index (χ0) is 22.1. The summed E-state index contributed by atoms with van der Waals surface area (Å²) in [5.74, 6) is 2.95. The minimum atomic E-state index is 0.0436. The maximum absolute atomic E-state index is 13.1. The Morgan fingerprint density at radius 2 is 1.94 bits per heavy atom. The van der Waals surface area contributed by atoms with Crippen LogP contribution in [0.2, 0.25) is 0 Å². The molecule has 1 saturated heterocycles. The van der Waals surface area contributed by atoms with Crippen LogP contribution in [-0.2, 0) is 11.3 Å². The molecule has 0 saturated carbocycles. The van der Waals surface area contributed by atoms with Crippen LogP contribution in [0.3, 0.4) is 0 Å². The first-order valence-corrected chi connectivity index (χ1v) is 11.3. The van der Waals surface area contributed by atoms with Crippen LogP contribution in [0.25, 0.3) is 16.9 Å². The summed E-state index contributed by atoms with van der Waals surface area (Å²) >= 11 is 0. The highest BCUT2D eigenvalue weighted by Gasteiger charge is 2.30. The van der Waals surface area contributed by atoms with Crippen LogP contribution in [-0.4, -0.2) is 41.4 Å². The normalized spacial score (nSPS) is 16.2. The zero-order valence-corrected chi connectivity index (χ0v) is 18.6. The van der Waals surface area contributed by atoms with E-state index in [0.717, 1.165) is 66.5 Å². The molecule has 1 aliphatic heterocycles. The molecule has 1 amide bonds. The summed E-state index contributed by atoms with van der Waals surface area (Å²) in [6.07, 6.45) is 6.99. The number of carbonyl (C=O) groups excluding carboxylic acids is 1. The van der Waals surface area contributed by atoms with Gasteiger partial charge in [-0.3, -0.25) is 9.36 Å². The topological polar surface area (TPSA) is 68.8 Å². The fraction of sp³-hybridized carbons (Fsp3) is 0.360. The zero-order valence-electron chi connectivity index (χ0n) is 18.6. The van der Waals surface area contributed by atoms with Crippen molar-refractivity contribution < 1.29 is 4.79 Å². The first-order valence-electron chi connectivity index (χ1n) is 11.3. The Balaban J connectivity index is 1.27. The van der Waals surface area contributed by atoms with Crippen LogP contribution in [0.5, 0.6) is 0 Å². The van der Waals surface area contributed by atoms with Crippen molar-refractivity contribution in [3.63, 3.8) is 0 Å². The van der Waals surface area contributed by atoms with Crippen molar-refractivity contribution in [2.75, 3.05) is 6.54 Å². The van der Waals surface area contributed by atoms with Gasteiger partial charge in [0.15, 0.2) is 0 Å². The third-order valence-electron chi connectivity index (χ3n) is 6.36. The number of carbonyl (C=O) groups is 1. The van der Waals surface area contributed by atoms with Crippen molar-refractivity contribution in [2.45, 2.75) is 52.1 Å². The smallest absolute Gasteiger partial charge is 0.223 e. The average Bonchev–Trinajstić information content (AvgIpc) is 3.53. The number of pyridine rings is 1. The molecular formula is C25H28N6O. The molecule has 164 valence electrons.